The molecule has 2 N–H and O–H groups in total. The lowest BCUT2D eigenvalue weighted by atomic mass is 10.0. The molecule has 1 amide bonds. The Labute approximate surface area is 237 Å². The molecule has 0 radical (unpaired) electrons. The number of H-pyrrole nitrogens is 1. The van der Waals surface area contributed by atoms with Gasteiger partial charge in [0.25, 0.3) is 5.91 Å². The van der Waals surface area contributed by atoms with E-state index in [0.29, 0.717) is 37.6 Å². The predicted molar refractivity (Wildman–Crippen MR) is 152 cm³/mol. The van der Waals surface area contributed by atoms with Gasteiger partial charge in [-0.15, -0.1) is 0 Å². The number of hydrazone groups is 1. The number of amides is 1. The highest BCUT2D eigenvalue weighted by Crippen LogP contribution is 2.37. The molecule has 0 aliphatic carbocycles. The Kier molecular flexibility index (Phi) is 7.65. The molecule has 39 heavy (non-hydrogen) atoms. The number of aromatic amines is 1. The van der Waals surface area contributed by atoms with E-state index < -0.39 is 17.7 Å². The molecule has 5 aromatic rings. The molecule has 10 heteroatoms. The second-order valence-electron chi connectivity index (χ2n) is 8.30. The molecule has 0 atom stereocenters. The Balaban J connectivity index is 1.41. The van der Waals surface area contributed by atoms with Crippen molar-refractivity contribution in [3.8, 4) is 16.9 Å². The molecule has 0 unspecified atom stereocenters. The Morgan fingerprint density at radius 2 is 1.67 bits per heavy atom. The van der Waals surface area contributed by atoms with Crippen LogP contribution < -0.4 is 10.2 Å². The van der Waals surface area contributed by atoms with E-state index in [-0.39, 0.29) is 22.0 Å². The Hall–Kier alpha value is -4.17. The van der Waals surface area contributed by atoms with Crippen LogP contribution in [0.25, 0.3) is 22.0 Å². The van der Waals surface area contributed by atoms with Gasteiger partial charge in [-0.25, -0.2) is 14.6 Å². The molecule has 0 spiro atoms. The molecule has 1 heterocycles. The van der Waals surface area contributed by atoms with Gasteiger partial charge in [-0.2, -0.15) is 5.10 Å². The molecule has 0 aliphatic rings. The van der Waals surface area contributed by atoms with Crippen molar-refractivity contribution < 1.29 is 18.7 Å². The number of carbonyl (C=O) groups is 2. The molecule has 5 rings (SSSR count). The standard InChI is InChI=1S/C29H17Cl3FN3O3/c30-17-9-11-20(23(32)13-17)29(38)39-25-8-4-1-5-16(25)15-34-36-28(37)27-26(19-6-2-3-7-22(19)31)21-14-18(33)10-12-24(21)35-27/h1-15,35H,(H,36,37). The first-order valence-electron chi connectivity index (χ1n) is 11.5. The van der Waals surface area contributed by atoms with Crippen LogP contribution in [0, 0.1) is 5.82 Å². The van der Waals surface area contributed by atoms with E-state index in [1.54, 1.807) is 54.6 Å². The van der Waals surface area contributed by atoms with Crippen molar-refractivity contribution in [2.24, 2.45) is 5.10 Å². The van der Waals surface area contributed by atoms with E-state index in [2.05, 4.69) is 15.5 Å². The second-order valence-corrected chi connectivity index (χ2v) is 9.55. The average molecular weight is 581 g/mol. The predicted octanol–water partition coefficient (Wildman–Crippen LogP) is 7.92. The summed E-state index contributed by atoms with van der Waals surface area (Å²) in [4.78, 5) is 28.9. The number of esters is 1. The summed E-state index contributed by atoms with van der Waals surface area (Å²) in [5.41, 5.74) is 4.73. The topological polar surface area (TPSA) is 83.5 Å². The van der Waals surface area contributed by atoms with Gasteiger partial charge in [0, 0.05) is 37.6 Å². The number of ether oxygens (including phenoxy) is 1. The van der Waals surface area contributed by atoms with Crippen LogP contribution in [-0.2, 0) is 0 Å². The number of aromatic nitrogens is 1. The average Bonchev–Trinajstić information content (AvgIpc) is 3.28. The molecule has 0 saturated heterocycles. The molecule has 1 aromatic heterocycles. The Bertz CT molecular complexity index is 1770. The summed E-state index contributed by atoms with van der Waals surface area (Å²) in [6.45, 7) is 0. The zero-order valence-electron chi connectivity index (χ0n) is 19.8. The molecule has 0 bridgehead atoms. The summed E-state index contributed by atoms with van der Waals surface area (Å²) in [6, 6.07) is 22.2. The van der Waals surface area contributed by atoms with Crippen molar-refractivity contribution in [3.63, 3.8) is 0 Å². The third kappa shape index (κ3) is 5.66. The lowest BCUT2D eigenvalue weighted by Crippen LogP contribution is -2.19. The number of nitrogens with zero attached hydrogens (tertiary/aromatic N) is 1. The maximum Gasteiger partial charge on any atom is 0.345 e. The van der Waals surface area contributed by atoms with Gasteiger partial charge >= 0.3 is 5.97 Å². The van der Waals surface area contributed by atoms with Crippen molar-refractivity contribution in [2.75, 3.05) is 0 Å². The van der Waals surface area contributed by atoms with Gasteiger partial charge in [0.15, 0.2) is 0 Å². The SMILES string of the molecule is O=C(Oc1ccccc1C=NNC(=O)c1[nH]c2ccc(F)cc2c1-c1ccccc1Cl)c1ccc(Cl)cc1Cl. The van der Waals surface area contributed by atoms with Gasteiger partial charge in [0.2, 0.25) is 0 Å². The minimum absolute atomic E-state index is 0.142. The van der Waals surface area contributed by atoms with E-state index in [0.717, 1.165) is 0 Å². The van der Waals surface area contributed by atoms with Crippen molar-refractivity contribution >= 4 is 63.8 Å². The normalized spacial score (nSPS) is 11.2. The fraction of sp³-hybridized carbons (Fsp3) is 0. The van der Waals surface area contributed by atoms with Crippen molar-refractivity contribution in [3.05, 3.63) is 123 Å². The summed E-state index contributed by atoms with van der Waals surface area (Å²) < 4.78 is 19.6. The van der Waals surface area contributed by atoms with E-state index in [1.807, 2.05) is 0 Å². The maximum absolute atomic E-state index is 14.1. The van der Waals surface area contributed by atoms with Crippen molar-refractivity contribution in [2.45, 2.75) is 0 Å². The van der Waals surface area contributed by atoms with E-state index >= 15 is 0 Å². The van der Waals surface area contributed by atoms with Crippen LogP contribution in [0.4, 0.5) is 4.39 Å². The van der Waals surface area contributed by atoms with Gasteiger partial charge in [-0.3, -0.25) is 4.79 Å². The Morgan fingerprint density at radius 1 is 0.897 bits per heavy atom. The van der Waals surface area contributed by atoms with Crippen LogP contribution >= 0.6 is 34.8 Å². The summed E-state index contributed by atoms with van der Waals surface area (Å²) in [6.07, 6.45) is 1.33. The van der Waals surface area contributed by atoms with Crippen LogP contribution in [0.15, 0.2) is 90.0 Å². The fourth-order valence-corrected chi connectivity index (χ4v) is 4.70. The lowest BCUT2D eigenvalue weighted by molar-refractivity contribution is 0.0734. The molecule has 0 fully saturated rings. The number of fused-ring (bicyclic) bond motifs is 1. The highest BCUT2D eigenvalue weighted by molar-refractivity contribution is 6.36. The number of para-hydroxylation sites is 1. The summed E-state index contributed by atoms with van der Waals surface area (Å²) in [5.74, 6) is -1.52. The first-order valence-corrected chi connectivity index (χ1v) is 12.6. The molecule has 0 saturated carbocycles. The van der Waals surface area contributed by atoms with E-state index in [9.17, 15) is 14.0 Å². The van der Waals surface area contributed by atoms with Crippen molar-refractivity contribution in [1.29, 1.82) is 0 Å². The number of nitrogens with one attached hydrogen (secondary N) is 2. The first-order chi connectivity index (χ1) is 18.8. The van der Waals surface area contributed by atoms with Gasteiger partial charge in [-0.05, 0) is 54.6 Å². The van der Waals surface area contributed by atoms with Crippen LogP contribution in [0.5, 0.6) is 5.75 Å². The van der Waals surface area contributed by atoms with E-state index in [1.165, 1.54) is 36.5 Å². The minimum atomic E-state index is -0.684. The van der Waals surface area contributed by atoms with Crippen LogP contribution in [0.2, 0.25) is 15.1 Å². The summed E-state index contributed by atoms with van der Waals surface area (Å²) in [7, 11) is 0. The number of rotatable bonds is 6. The minimum Gasteiger partial charge on any atom is -0.422 e. The van der Waals surface area contributed by atoms with Gasteiger partial charge < -0.3 is 9.72 Å². The molecular weight excluding hydrogens is 564 g/mol. The number of hydrogen-bond donors (Lipinski definition) is 2. The third-order valence-electron chi connectivity index (χ3n) is 5.77. The highest BCUT2D eigenvalue weighted by Gasteiger charge is 2.21. The number of halogens is 4. The first kappa shape index (κ1) is 26.4. The largest absolute Gasteiger partial charge is 0.422 e. The zero-order chi connectivity index (χ0) is 27.5. The fourth-order valence-electron chi connectivity index (χ4n) is 3.98. The summed E-state index contributed by atoms with van der Waals surface area (Å²) in [5, 5.41) is 5.48. The van der Waals surface area contributed by atoms with Gasteiger partial charge in [0.1, 0.15) is 17.3 Å². The van der Waals surface area contributed by atoms with E-state index in [4.69, 9.17) is 39.5 Å². The lowest BCUT2D eigenvalue weighted by Gasteiger charge is -2.09. The summed E-state index contributed by atoms with van der Waals surface area (Å²) >= 11 is 18.4. The molecule has 4 aromatic carbocycles. The maximum atomic E-state index is 14.1. The third-order valence-corrected chi connectivity index (χ3v) is 6.65. The van der Waals surface area contributed by atoms with Crippen LogP contribution in [-0.4, -0.2) is 23.1 Å². The second kappa shape index (κ2) is 11.3. The van der Waals surface area contributed by atoms with Gasteiger partial charge in [0.05, 0.1) is 16.8 Å². The number of benzene rings is 4. The van der Waals surface area contributed by atoms with Crippen molar-refractivity contribution in [1.82, 2.24) is 10.4 Å². The van der Waals surface area contributed by atoms with Crippen LogP contribution in [0.3, 0.4) is 0 Å². The quantitative estimate of drug-likeness (QED) is 0.0926. The van der Waals surface area contributed by atoms with Crippen LogP contribution in [0.1, 0.15) is 26.4 Å². The molecule has 194 valence electrons. The monoisotopic (exact) mass is 579 g/mol. The Morgan fingerprint density at radius 3 is 2.46 bits per heavy atom. The molecule has 0 aliphatic heterocycles. The zero-order valence-corrected chi connectivity index (χ0v) is 22.1. The molecular formula is C29H17Cl3FN3O3. The molecule has 6 nitrogen and oxygen atoms in total. The number of carbonyl (C=O) groups excluding carboxylic acids is 2. The number of hydrogen-bond acceptors (Lipinski definition) is 4. The highest BCUT2D eigenvalue weighted by atomic mass is 35.5. The smallest absolute Gasteiger partial charge is 0.345 e. The van der Waals surface area contributed by atoms with Gasteiger partial charge in [-0.1, -0.05) is 65.1 Å².